The van der Waals surface area contributed by atoms with E-state index in [-0.39, 0.29) is 16.9 Å². The van der Waals surface area contributed by atoms with Crippen LogP contribution >= 0.6 is 0 Å². The number of ether oxygens (including phenoxy) is 2. The lowest BCUT2D eigenvalue weighted by Gasteiger charge is -2.32. The van der Waals surface area contributed by atoms with Crippen molar-refractivity contribution >= 4 is 11.0 Å². The summed E-state index contributed by atoms with van der Waals surface area (Å²) in [5.41, 5.74) is 0.0829. The van der Waals surface area contributed by atoms with Gasteiger partial charge in [0, 0.05) is 18.6 Å². The van der Waals surface area contributed by atoms with Crippen LogP contribution in [0.2, 0.25) is 0 Å². The van der Waals surface area contributed by atoms with Crippen molar-refractivity contribution < 1.29 is 40.2 Å². The molecule has 0 fully saturated rings. The number of hydrogen-bond acceptors (Lipinski definition) is 4. The van der Waals surface area contributed by atoms with Crippen LogP contribution in [0.4, 0.5) is 26.3 Å². The summed E-state index contributed by atoms with van der Waals surface area (Å²) >= 11 is 0. The lowest BCUT2D eigenvalue weighted by molar-refractivity contribution is -0.323. The number of methoxy groups -OCH3 is 1. The molecule has 0 unspecified atom stereocenters. The molecule has 166 valence electrons. The van der Waals surface area contributed by atoms with E-state index in [9.17, 15) is 31.1 Å². The zero-order chi connectivity index (χ0) is 22.9. The fourth-order valence-electron chi connectivity index (χ4n) is 2.80. The van der Waals surface area contributed by atoms with Gasteiger partial charge in [-0.05, 0) is 23.8 Å². The lowest BCUT2D eigenvalue weighted by atomic mass is 10.1. The first-order valence-corrected chi connectivity index (χ1v) is 8.87. The van der Waals surface area contributed by atoms with Gasteiger partial charge in [-0.2, -0.15) is 26.3 Å². The van der Waals surface area contributed by atoms with E-state index < -0.39 is 36.6 Å². The van der Waals surface area contributed by atoms with E-state index in [0.717, 1.165) is 6.07 Å². The van der Waals surface area contributed by atoms with Gasteiger partial charge in [-0.25, -0.2) is 4.79 Å². The molecule has 0 aliphatic carbocycles. The van der Waals surface area contributed by atoms with Crippen LogP contribution < -0.4 is 10.4 Å². The number of benzene rings is 2. The van der Waals surface area contributed by atoms with Crippen LogP contribution in [0.5, 0.6) is 5.75 Å². The second-order valence-corrected chi connectivity index (χ2v) is 6.72. The first kappa shape index (κ1) is 22.7. The van der Waals surface area contributed by atoms with Gasteiger partial charge in [0.1, 0.15) is 17.9 Å². The number of halogens is 6. The molecule has 2 aromatic carbocycles. The summed E-state index contributed by atoms with van der Waals surface area (Å²) in [5, 5.41) is 0.412. The van der Waals surface area contributed by atoms with Crippen LogP contribution in [0.3, 0.4) is 0 Å². The van der Waals surface area contributed by atoms with Crippen LogP contribution in [0, 0.1) is 0 Å². The zero-order valence-corrected chi connectivity index (χ0v) is 16.0. The summed E-state index contributed by atoms with van der Waals surface area (Å²) in [7, 11) is 0.685. The lowest BCUT2D eigenvalue weighted by Crippen LogP contribution is -2.58. The zero-order valence-electron chi connectivity index (χ0n) is 16.0. The molecule has 1 aromatic heterocycles. The Balaban J connectivity index is 1.84. The Hall–Kier alpha value is -3.01. The predicted molar refractivity (Wildman–Crippen MR) is 100 cm³/mol. The Morgan fingerprint density at radius 1 is 0.871 bits per heavy atom. The predicted octanol–water partition coefficient (Wildman–Crippen LogP) is 5.39. The molecule has 0 amide bonds. The van der Waals surface area contributed by atoms with Crippen molar-refractivity contribution in [3.05, 3.63) is 65.0 Å². The maximum Gasteiger partial charge on any atom is 0.377 e. The molecule has 3 aromatic rings. The van der Waals surface area contributed by atoms with Crippen molar-refractivity contribution in [1.82, 2.24) is 0 Å². The molecule has 4 nitrogen and oxygen atoms in total. The second kappa shape index (κ2) is 8.26. The number of alkyl halides is 6. The van der Waals surface area contributed by atoms with Crippen molar-refractivity contribution in [1.29, 1.82) is 0 Å². The molecule has 0 N–H and O–H groups in total. The Bertz CT molecular complexity index is 1110. The summed E-state index contributed by atoms with van der Waals surface area (Å²) in [6, 6.07) is 13.7. The molecule has 0 aliphatic heterocycles. The molecule has 0 saturated carbocycles. The highest BCUT2D eigenvalue weighted by molar-refractivity contribution is 5.82. The van der Waals surface area contributed by atoms with Gasteiger partial charge in [0.05, 0.1) is 5.56 Å². The molecule has 0 atom stereocenters. The second-order valence-electron chi connectivity index (χ2n) is 6.72. The smallest absolute Gasteiger partial charge is 0.377 e. The van der Waals surface area contributed by atoms with Crippen molar-refractivity contribution in [2.24, 2.45) is 0 Å². The molecule has 10 heteroatoms. The maximum atomic E-state index is 13.8. The largest absolute Gasteiger partial charge is 0.487 e. The van der Waals surface area contributed by atoms with Crippen molar-refractivity contribution in [3.8, 4) is 16.9 Å². The third kappa shape index (κ3) is 4.39. The van der Waals surface area contributed by atoms with Gasteiger partial charge in [-0.15, -0.1) is 0 Å². The molecule has 0 aliphatic rings. The normalized spacial score (nSPS) is 12.9. The highest BCUT2D eigenvalue weighted by atomic mass is 19.3. The first-order valence-electron chi connectivity index (χ1n) is 8.87. The molecule has 31 heavy (non-hydrogen) atoms. The van der Waals surface area contributed by atoms with Crippen LogP contribution in [-0.4, -0.2) is 38.1 Å². The van der Waals surface area contributed by atoms with Gasteiger partial charge in [0.25, 0.3) is 0 Å². The maximum absolute atomic E-state index is 13.8. The van der Waals surface area contributed by atoms with Gasteiger partial charge >= 0.3 is 23.4 Å². The summed E-state index contributed by atoms with van der Waals surface area (Å²) in [4.78, 5) is 12.2. The third-order valence-electron chi connectivity index (χ3n) is 4.46. The minimum atomic E-state index is -5.72. The van der Waals surface area contributed by atoms with Crippen LogP contribution in [0.25, 0.3) is 22.1 Å². The fourth-order valence-corrected chi connectivity index (χ4v) is 2.80. The highest BCUT2D eigenvalue weighted by Gasteiger charge is 2.71. The molecule has 0 saturated heterocycles. The first-order chi connectivity index (χ1) is 14.5. The van der Waals surface area contributed by atoms with Gasteiger partial charge in [-0.1, -0.05) is 30.3 Å². The standard InChI is InChI=1S/C21H16F6O4/c1-29-11-19(22,23)21(26,27)20(24,25)12-30-15-8-7-14-9-16(13-5-3-2-4-6-13)18(28)31-17(14)10-15/h2-10H,11-12H2,1H3. The van der Waals surface area contributed by atoms with E-state index in [4.69, 9.17) is 4.42 Å². The van der Waals surface area contributed by atoms with Crippen molar-refractivity contribution in [2.45, 2.75) is 17.8 Å². The topological polar surface area (TPSA) is 48.7 Å². The summed E-state index contributed by atoms with van der Waals surface area (Å²) in [5.74, 6) is -16.4. The third-order valence-corrected chi connectivity index (χ3v) is 4.46. The van der Waals surface area contributed by atoms with Gasteiger partial charge < -0.3 is 13.9 Å². The van der Waals surface area contributed by atoms with Gasteiger partial charge in [-0.3, -0.25) is 0 Å². The number of hydrogen-bond donors (Lipinski definition) is 0. The average molecular weight is 446 g/mol. The molecular weight excluding hydrogens is 430 g/mol. The van der Waals surface area contributed by atoms with Crippen LogP contribution in [0.1, 0.15) is 0 Å². The monoisotopic (exact) mass is 446 g/mol. The fraction of sp³-hybridized carbons (Fsp3) is 0.286. The Kier molecular flexibility index (Phi) is 6.04. The summed E-state index contributed by atoms with van der Waals surface area (Å²) in [6.45, 7) is -3.92. The summed E-state index contributed by atoms with van der Waals surface area (Å²) < 4.78 is 95.5. The molecule has 1 heterocycles. The number of fused-ring (bicyclic) bond motifs is 1. The molecular formula is C21H16F6O4. The molecule has 0 radical (unpaired) electrons. The molecule has 3 rings (SSSR count). The highest BCUT2D eigenvalue weighted by Crippen LogP contribution is 2.46. The van der Waals surface area contributed by atoms with E-state index in [0.29, 0.717) is 18.1 Å². The van der Waals surface area contributed by atoms with E-state index in [1.807, 2.05) is 0 Å². The van der Waals surface area contributed by atoms with Crippen molar-refractivity contribution in [3.63, 3.8) is 0 Å². The van der Waals surface area contributed by atoms with E-state index in [1.54, 1.807) is 30.3 Å². The van der Waals surface area contributed by atoms with Gasteiger partial charge in [0.15, 0.2) is 6.61 Å². The Morgan fingerprint density at radius 2 is 1.52 bits per heavy atom. The van der Waals surface area contributed by atoms with Crippen LogP contribution in [0.15, 0.2) is 63.8 Å². The molecule has 0 bridgehead atoms. The average Bonchev–Trinajstić information content (AvgIpc) is 2.72. The van der Waals surface area contributed by atoms with Crippen LogP contribution in [-0.2, 0) is 4.74 Å². The molecule has 0 spiro atoms. The van der Waals surface area contributed by atoms with E-state index in [1.165, 1.54) is 18.2 Å². The Labute approximate surface area is 172 Å². The van der Waals surface area contributed by atoms with Crippen molar-refractivity contribution in [2.75, 3.05) is 20.3 Å². The van der Waals surface area contributed by atoms with Gasteiger partial charge in [0.2, 0.25) is 0 Å². The SMILES string of the molecule is COCC(F)(F)C(F)(F)C(F)(F)COc1ccc2cc(-c3ccccc3)c(=O)oc2c1. The quantitative estimate of drug-likeness (QED) is 0.344. The number of rotatable bonds is 8. The summed E-state index contributed by atoms with van der Waals surface area (Å²) in [6.07, 6.45) is 0. The van der Waals surface area contributed by atoms with E-state index >= 15 is 0 Å². The minimum Gasteiger partial charge on any atom is -0.487 e. The Morgan fingerprint density at radius 3 is 2.16 bits per heavy atom. The minimum absolute atomic E-state index is 0.0537. The van der Waals surface area contributed by atoms with E-state index in [2.05, 4.69) is 9.47 Å².